The first kappa shape index (κ1) is 14.1. The lowest BCUT2D eigenvalue weighted by molar-refractivity contribution is 0.601. The Morgan fingerprint density at radius 2 is 1.38 bits per heavy atom. The standard InChI is InChI=1S/C20H23N/c1-12-7-8-15-17(9-12)21-18-11-14(3)13(2)10-16(18)19(15)20(4,5)6/h7-11H,1-6H3. The predicted molar refractivity (Wildman–Crippen MR) is 92.2 cm³/mol. The van der Waals surface area contributed by atoms with Crippen LogP contribution in [-0.4, -0.2) is 4.98 Å². The summed E-state index contributed by atoms with van der Waals surface area (Å²) in [6.45, 7) is 13.3. The second-order valence-corrected chi connectivity index (χ2v) is 7.21. The van der Waals surface area contributed by atoms with Crippen LogP contribution in [0.3, 0.4) is 0 Å². The lowest BCUT2D eigenvalue weighted by Gasteiger charge is -2.24. The number of hydrogen-bond donors (Lipinski definition) is 0. The first-order valence-electron chi connectivity index (χ1n) is 7.59. The molecule has 1 aromatic heterocycles. The van der Waals surface area contributed by atoms with Crippen LogP contribution in [0.15, 0.2) is 30.3 Å². The Hall–Kier alpha value is -1.89. The molecule has 0 aliphatic carbocycles. The molecule has 0 atom stereocenters. The minimum absolute atomic E-state index is 0.0936. The van der Waals surface area contributed by atoms with E-state index in [1.165, 1.54) is 33.0 Å². The van der Waals surface area contributed by atoms with E-state index in [1.54, 1.807) is 0 Å². The van der Waals surface area contributed by atoms with Crippen LogP contribution >= 0.6 is 0 Å². The first-order chi connectivity index (χ1) is 9.77. The van der Waals surface area contributed by atoms with Crippen LogP contribution in [0.25, 0.3) is 21.8 Å². The number of benzene rings is 2. The van der Waals surface area contributed by atoms with Crippen molar-refractivity contribution in [2.24, 2.45) is 0 Å². The van der Waals surface area contributed by atoms with Crippen LogP contribution in [0.1, 0.15) is 43.0 Å². The molecule has 3 aromatic rings. The molecular formula is C20H23N. The van der Waals surface area contributed by atoms with Crippen LogP contribution in [0.2, 0.25) is 0 Å². The average Bonchev–Trinajstić information content (AvgIpc) is 2.36. The smallest absolute Gasteiger partial charge is 0.0715 e. The van der Waals surface area contributed by atoms with E-state index in [0.717, 1.165) is 11.0 Å². The molecule has 0 unspecified atom stereocenters. The number of rotatable bonds is 0. The molecule has 3 rings (SSSR count). The maximum atomic E-state index is 4.91. The Morgan fingerprint density at radius 3 is 2.05 bits per heavy atom. The molecule has 1 heterocycles. The fourth-order valence-corrected chi connectivity index (χ4v) is 3.12. The van der Waals surface area contributed by atoms with Gasteiger partial charge in [-0.25, -0.2) is 4.98 Å². The topological polar surface area (TPSA) is 12.9 Å². The van der Waals surface area contributed by atoms with Gasteiger partial charge in [-0.3, -0.25) is 0 Å². The summed E-state index contributed by atoms with van der Waals surface area (Å²) in [5.41, 5.74) is 7.62. The Kier molecular flexibility index (Phi) is 3.05. The highest BCUT2D eigenvalue weighted by molar-refractivity contribution is 5.99. The van der Waals surface area contributed by atoms with Gasteiger partial charge in [0.2, 0.25) is 0 Å². The van der Waals surface area contributed by atoms with E-state index in [9.17, 15) is 0 Å². The molecule has 2 aromatic carbocycles. The summed E-state index contributed by atoms with van der Waals surface area (Å²) in [5.74, 6) is 0. The highest BCUT2D eigenvalue weighted by atomic mass is 14.7. The van der Waals surface area contributed by atoms with Gasteiger partial charge in [-0.05, 0) is 66.6 Å². The van der Waals surface area contributed by atoms with Crippen molar-refractivity contribution in [1.82, 2.24) is 4.98 Å². The zero-order chi connectivity index (χ0) is 15.4. The van der Waals surface area contributed by atoms with Gasteiger partial charge in [-0.1, -0.05) is 32.9 Å². The highest BCUT2D eigenvalue weighted by Crippen LogP contribution is 2.36. The third kappa shape index (κ3) is 2.31. The largest absolute Gasteiger partial charge is 0.248 e. The maximum absolute atomic E-state index is 4.91. The van der Waals surface area contributed by atoms with Crippen molar-refractivity contribution in [1.29, 1.82) is 0 Å². The van der Waals surface area contributed by atoms with Crippen LogP contribution in [0.5, 0.6) is 0 Å². The van der Waals surface area contributed by atoms with Gasteiger partial charge < -0.3 is 0 Å². The Labute approximate surface area is 127 Å². The molecule has 1 nitrogen and oxygen atoms in total. The van der Waals surface area contributed by atoms with Gasteiger partial charge >= 0.3 is 0 Å². The van der Waals surface area contributed by atoms with E-state index >= 15 is 0 Å². The fourth-order valence-electron chi connectivity index (χ4n) is 3.12. The van der Waals surface area contributed by atoms with E-state index in [1.807, 2.05) is 0 Å². The number of aromatic nitrogens is 1. The number of nitrogens with zero attached hydrogens (tertiary/aromatic N) is 1. The average molecular weight is 277 g/mol. The number of pyridine rings is 1. The third-order valence-corrected chi connectivity index (χ3v) is 4.29. The summed E-state index contributed by atoms with van der Waals surface area (Å²) >= 11 is 0. The van der Waals surface area contributed by atoms with Gasteiger partial charge in [0, 0.05) is 10.8 Å². The summed E-state index contributed by atoms with van der Waals surface area (Å²) in [4.78, 5) is 4.91. The molecule has 1 heteroatoms. The highest BCUT2D eigenvalue weighted by Gasteiger charge is 2.21. The molecular weight excluding hydrogens is 254 g/mol. The van der Waals surface area contributed by atoms with E-state index in [4.69, 9.17) is 4.98 Å². The SMILES string of the molecule is Cc1ccc2c(C(C)(C)C)c3cc(C)c(C)cc3nc2c1. The van der Waals surface area contributed by atoms with E-state index < -0.39 is 0 Å². The Morgan fingerprint density at radius 1 is 0.762 bits per heavy atom. The molecule has 108 valence electrons. The van der Waals surface area contributed by atoms with Crippen molar-refractivity contribution in [3.63, 3.8) is 0 Å². The fraction of sp³-hybridized carbons (Fsp3) is 0.350. The molecule has 0 spiro atoms. The van der Waals surface area contributed by atoms with Gasteiger partial charge in [0.05, 0.1) is 11.0 Å². The lowest BCUT2D eigenvalue weighted by Crippen LogP contribution is -2.13. The summed E-state index contributed by atoms with van der Waals surface area (Å²) in [6, 6.07) is 11.1. The van der Waals surface area contributed by atoms with Crippen LogP contribution in [0.4, 0.5) is 0 Å². The number of fused-ring (bicyclic) bond motifs is 2. The quantitative estimate of drug-likeness (QED) is 0.487. The zero-order valence-corrected chi connectivity index (χ0v) is 13.8. The minimum Gasteiger partial charge on any atom is -0.248 e. The predicted octanol–water partition coefficient (Wildman–Crippen LogP) is 5.61. The van der Waals surface area contributed by atoms with Crippen molar-refractivity contribution in [2.75, 3.05) is 0 Å². The molecule has 0 saturated heterocycles. The Balaban J connectivity index is 2.58. The van der Waals surface area contributed by atoms with Crippen molar-refractivity contribution in [3.05, 3.63) is 52.6 Å². The van der Waals surface area contributed by atoms with Gasteiger partial charge in [0.25, 0.3) is 0 Å². The molecule has 0 aliphatic rings. The lowest BCUT2D eigenvalue weighted by atomic mass is 9.81. The zero-order valence-electron chi connectivity index (χ0n) is 13.8. The maximum Gasteiger partial charge on any atom is 0.0715 e. The molecule has 0 bridgehead atoms. The molecule has 21 heavy (non-hydrogen) atoms. The van der Waals surface area contributed by atoms with Gasteiger partial charge in [0.15, 0.2) is 0 Å². The van der Waals surface area contributed by atoms with Crippen molar-refractivity contribution >= 4 is 21.8 Å². The van der Waals surface area contributed by atoms with E-state index in [0.29, 0.717) is 0 Å². The van der Waals surface area contributed by atoms with Crippen LogP contribution < -0.4 is 0 Å². The van der Waals surface area contributed by atoms with Gasteiger partial charge in [-0.15, -0.1) is 0 Å². The first-order valence-corrected chi connectivity index (χ1v) is 7.59. The normalized spacial score (nSPS) is 12.3. The van der Waals surface area contributed by atoms with Crippen LogP contribution in [0, 0.1) is 20.8 Å². The number of hydrogen-bond acceptors (Lipinski definition) is 1. The summed E-state index contributed by atoms with van der Waals surface area (Å²) in [7, 11) is 0. The van der Waals surface area contributed by atoms with Gasteiger partial charge in [-0.2, -0.15) is 0 Å². The molecule has 0 N–H and O–H groups in total. The number of aryl methyl sites for hydroxylation is 3. The van der Waals surface area contributed by atoms with Gasteiger partial charge in [0.1, 0.15) is 0 Å². The van der Waals surface area contributed by atoms with E-state index in [2.05, 4.69) is 71.9 Å². The molecule has 0 saturated carbocycles. The summed E-state index contributed by atoms with van der Waals surface area (Å²) in [5, 5.41) is 2.57. The third-order valence-electron chi connectivity index (χ3n) is 4.29. The van der Waals surface area contributed by atoms with Crippen molar-refractivity contribution in [3.8, 4) is 0 Å². The van der Waals surface area contributed by atoms with E-state index in [-0.39, 0.29) is 5.41 Å². The molecule has 0 amide bonds. The summed E-state index contributed by atoms with van der Waals surface area (Å²) in [6.07, 6.45) is 0. The second-order valence-electron chi connectivity index (χ2n) is 7.21. The minimum atomic E-state index is 0.0936. The summed E-state index contributed by atoms with van der Waals surface area (Å²) < 4.78 is 0. The van der Waals surface area contributed by atoms with Crippen molar-refractivity contribution in [2.45, 2.75) is 47.0 Å². The Bertz CT molecular complexity index is 851. The van der Waals surface area contributed by atoms with Crippen molar-refractivity contribution < 1.29 is 0 Å². The molecule has 0 radical (unpaired) electrons. The second kappa shape index (κ2) is 4.56. The molecule has 0 fully saturated rings. The monoisotopic (exact) mass is 277 g/mol. The van der Waals surface area contributed by atoms with Crippen LogP contribution in [-0.2, 0) is 5.41 Å². The molecule has 0 aliphatic heterocycles.